The standard InChI is InChI=1S/C15H22N4O/c1-10(2)9-11(7-8-20)17-14-12-5-3-4-6-13(12)18-15(16)19-14/h3-6,10-11,20H,7-9H2,1-2H3,(H3,16,17,18,19)/t11-/m1/s1. The number of nitrogens with zero attached hydrogens (tertiary/aromatic N) is 2. The highest BCUT2D eigenvalue weighted by molar-refractivity contribution is 5.89. The van der Waals surface area contributed by atoms with Crippen LogP contribution in [0, 0.1) is 5.92 Å². The molecule has 0 fully saturated rings. The number of para-hydroxylation sites is 1. The van der Waals surface area contributed by atoms with Gasteiger partial charge in [0.15, 0.2) is 0 Å². The fourth-order valence-electron chi connectivity index (χ4n) is 2.37. The second-order valence-electron chi connectivity index (χ2n) is 5.43. The van der Waals surface area contributed by atoms with Crippen molar-refractivity contribution in [1.29, 1.82) is 0 Å². The normalized spacial score (nSPS) is 12.8. The second kappa shape index (κ2) is 6.52. The molecule has 20 heavy (non-hydrogen) atoms. The van der Waals surface area contributed by atoms with Gasteiger partial charge in [-0.2, -0.15) is 4.98 Å². The lowest BCUT2D eigenvalue weighted by Crippen LogP contribution is -2.24. The predicted molar refractivity (Wildman–Crippen MR) is 82.5 cm³/mol. The monoisotopic (exact) mass is 274 g/mol. The summed E-state index contributed by atoms with van der Waals surface area (Å²) in [5.41, 5.74) is 6.59. The van der Waals surface area contributed by atoms with Crippen molar-refractivity contribution in [2.75, 3.05) is 17.7 Å². The maximum atomic E-state index is 9.20. The number of fused-ring (bicyclic) bond motifs is 1. The summed E-state index contributed by atoms with van der Waals surface area (Å²) in [5, 5.41) is 13.6. The Balaban J connectivity index is 2.31. The van der Waals surface area contributed by atoms with E-state index in [0.29, 0.717) is 12.3 Å². The molecule has 1 heterocycles. The summed E-state index contributed by atoms with van der Waals surface area (Å²) in [6, 6.07) is 7.96. The molecule has 0 saturated heterocycles. The Labute approximate surface area is 119 Å². The molecule has 5 heteroatoms. The molecule has 4 N–H and O–H groups in total. The number of aliphatic hydroxyl groups excluding tert-OH is 1. The van der Waals surface area contributed by atoms with Gasteiger partial charge in [-0.25, -0.2) is 4.98 Å². The molecule has 0 saturated carbocycles. The van der Waals surface area contributed by atoms with Gasteiger partial charge in [-0.05, 0) is 30.9 Å². The van der Waals surface area contributed by atoms with Crippen LogP contribution < -0.4 is 11.1 Å². The average Bonchev–Trinajstić information content (AvgIpc) is 2.38. The number of rotatable bonds is 6. The molecule has 0 amide bonds. The van der Waals surface area contributed by atoms with Gasteiger partial charge in [-0.3, -0.25) is 0 Å². The Morgan fingerprint density at radius 2 is 2.00 bits per heavy atom. The van der Waals surface area contributed by atoms with Gasteiger partial charge in [-0.1, -0.05) is 26.0 Å². The molecule has 0 aliphatic carbocycles. The van der Waals surface area contributed by atoms with Crippen LogP contribution in [0.3, 0.4) is 0 Å². The number of benzene rings is 1. The van der Waals surface area contributed by atoms with Gasteiger partial charge >= 0.3 is 0 Å². The number of nitrogens with two attached hydrogens (primary N) is 1. The summed E-state index contributed by atoms with van der Waals surface area (Å²) in [7, 11) is 0. The van der Waals surface area contributed by atoms with Crippen molar-refractivity contribution >= 4 is 22.7 Å². The number of aromatic nitrogens is 2. The van der Waals surface area contributed by atoms with E-state index in [1.54, 1.807) is 0 Å². The van der Waals surface area contributed by atoms with Crippen LogP contribution in [0.1, 0.15) is 26.7 Å². The zero-order valence-corrected chi connectivity index (χ0v) is 12.0. The van der Waals surface area contributed by atoms with E-state index in [0.717, 1.165) is 23.1 Å². The molecule has 0 bridgehead atoms. The number of hydrogen-bond acceptors (Lipinski definition) is 5. The Morgan fingerprint density at radius 3 is 2.70 bits per heavy atom. The summed E-state index contributed by atoms with van der Waals surface area (Å²) in [4.78, 5) is 8.53. The van der Waals surface area contributed by atoms with Crippen LogP contribution in [0.2, 0.25) is 0 Å². The third-order valence-electron chi connectivity index (χ3n) is 3.19. The van der Waals surface area contributed by atoms with Crippen LogP contribution >= 0.6 is 0 Å². The molecule has 1 aromatic heterocycles. The molecule has 2 rings (SSSR count). The predicted octanol–water partition coefficient (Wildman–Crippen LogP) is 2.42. The van der Waals surface area contributed by atoms with Gasteiger partial charge in [-0.15, -0.1) is 0 Å². The molecular formula is C15H22N4O. The van der Waals surface area contributed by atoms with Crippen LogP contribution in [0.15, 0.2) is 24.3 Å². The van der Waals surface area contributed by atoms with Crippen molar-refractivity contribution in [3.05, 3.63) is 24.3 Å². The first kappa shape index (κ1) is 14.5. The molecule has 0 aliphatic heterocycles. The minimum absolute atomic E-state index is 0.156. The van der Waals surface area contributed by atoms with Crippen LogP contribution in [-0.2, 0) is 0 Å². The summed E-state index contributed by atoms with van der Waals surface area (Å²) in [5.74, 6) is 1.55. The molecule has 108 valence electrons. The van der Waals surface area contributed by atoms with Crippen LogP contribution in [0.5, 0.6) is 0 Å². The SMILES string of the molecule is CC(C)C[C@@H](CCO)Nc1nc(N)nc2ccccc12. The highest BCUT2D eigenvalue weighted by Crippen LogP contribution is 2.23. The minimum Gasteiger partial charge on any atom is -0.396 e. The molecule has 0 radical (unpaired) electrons. The summed E-state index contributed by atoms with van der Waals surface area (Å²) < 4.78 is 0. The van der Waals surface area contributed by atoms with Crippen molar-refractivity contribution in [3.63, 3.8) is 0 Å². The van der Waals surface area contributed by atoms with Crippen molar-refractivity contribution in [1.82, 2.24) is 9.97 Å². The summed E-state index contributed by atoms with van der Waals surface area (Å²) in [6.07, 6.45) is 1.66. The van der Waals surface area contributed by atoms with Crippen LogP contribution in [0.4, 0.5) is 11.8 Å². The van der Waals surface area contributed by atoms with Crippen LogP contribution in [-0.4, -0.2) is 27.7 Å². The number of aliphatic hydroxyl groups is 1. The van der Waals surface area contributed by atoms with Gasteiger partial charge in [0.25, 0.3) is 0 Å². The topological polar surface area (TPSA) is 84.1 Å². The van der Waals surface area contributed by atoms with E-state index in [1.807, 2.05) is 24.3 Å². The number of nitrogens with one attached hydrogen (secondary N) is 1. The molecular weight excluding hydrogens is 252 g/mol. The van der Waals surface area contributed by atoms with Crippen LogP contribution in [0.25, 0.3) is 10.9 Å². The van der Waals surface area contributed by atoms with Gasteiger partial charge in [0.2, 0.25) is 5.95 Å². The number of nitrogen functional groups attached to an aromatic ring is 1. The quantitative estimate of drug-likeness (QED) is 0.753. The fourth-order valence-corrected chi connectivity index (χ4v) is 2.37. The maximum absolute atomic E-state index is 9.20. The van der Waals surface area contributed by atoms with E-state index in [2.05, 4.69) is 29.1 Å². The Hall–Kier alpha value is -1.88. The van der Waals surface area contributed by atoms with Gasteiger partial charge < -0.3 is 16.2 Å². The highest BCUT2D eigenvalue weighted by atomic mass is 16.3. The molecule has 0 aliphatic rings. The van der Waals surface area contributed by atoms with Crippen molar-refractivity contribution in [3.8, 4) is 0 Å². The molecule has 0 unspecified atom stereocenters. The highest BCUT2D eigenvalue weighted by Gasteiger charge is 2.13. The Morgan fingerprint density at radius 1 is 1.25 bits per heavy atom. The maximum Gasteiger partial charge on any atom is 0.222 e. The van der Waals surface area contributed by atoms with E-state index < -0.39 is 0 Å². The lowest BCUT2D eigenvalue weighted by Gasteiger charge is -2.21. The molecule has 5 nitrogen and oxygen atoms in total. The third kappa shape index (κ3) is 3.57. The zero-order chi connectivity index (χ0) is 14.5. The summed E-state index contributed by atoms with van der Waals surface area (Å²) in [6.45, 7) is 4.49. The largest absolute Gasteiger partial charge is 0.396 e. The average molecular weight is 274 g/mol. The van der Waals surface area contributed by atoms with E-state index >= 15 is 0 Å². The smallest absolute Gasteiger partial charge is 0.222 e. The van der Waals surface area contributed by atoms with Gasteiger partial charge in [0, 0.05) is 18.0 Å². The van der Waals surface area contributed by atoms with Crippen molar-refractivity contribution in [2.24, 2.45) is 5.92 Å². The van der Waals surface area contributed by atoms with Gasteiger partial charge in [0.1, 0.15) is 5.82 Å². The van der Waals surface area contributed by atoms with Gasteiger partial charge in [0.05, 0.1) is 5.52 Å². The lowest BCUT2D eigenvalue weighted by atomic mass is 10.0. The van der Waals surface area contributed by atoms with E-state index in [-0.39, 0.29) is 18.6 Å². The zero-order valence-electron chi connectivity index (χ0n) is 12.0. The minimum atomic E-state index is 0.156. The third-order valence-corrected chi connectivity index (χ3v) is 3.19. The van der Waals surface area contributed by atoms with E-state index in [4.69, 9.17) is 5.73 Å². The first-order chi connectivity index (χ1) is 9.60. The van der Waals surface area contributed by atoms with Crippen molar-refractivity contribution in [2.45, 2.75) is 32.7 Å². The number of hydrogen-bond donors (Lipinski definition) is 3. The molecule has 2 aromatic rings. The number of anilines is 2. The first-order valence-electron chi connectivity index (χ1n) is 6.99. The molecule has 1 atom stereocenters. The Bertz CT molecular complexity index is 571. The summed E-state index contributed by atoms with van der Waals surface area (Å²) >= 11 is 0. The van der Waals surface area contributed by atoms with Crippen molar-refractivity contribution < 1.29 is 5.11 Å². The van der Waals surface area contributed by atoms with E-state index in [1.165, 1.54) is 0 Å². The molecule has 1 aromatic carbocycles. The van der Waals surface area contributed by atoms with E-state index in [9.17, 15) is 5.11 Å². The first-order valence-corrected chi connectivity index (χ1v) is 6.99. The fraction of sp³-hybridized carbons (Fsp3) is 0.467. The second-order valence-corrected chi connectivity index (χ2v) is 5.43. The Kier molecular flexibility index (Phi) is 4.74. The lowest BCUT2D eigenvalue weighted by molar-refractivity contribution is 0.272. The molecule has 0 spiro atoms.